The summed E-state index contributed by atoms with van der Waals surface area (Å²) in [5.74, 6) is -0.0792. The molecule has 116 valence electrons. The van der Waals surface area contributed by atoms with Crippen molar-refractivity contribution in [2.24, 2.45) is 0 Å². The molecular formula is C17H26NO2P. The van der Waals surface area contributed by atoms with Crippen molar-refractivity contribution in [2.75, 3.05) is 19.9 Å². The minimum absolute atomic E-state index is 0.0499. The zero-order valence-corrected chi connectivity index (χ0v) is 14.4. The SMILES string of the molecule is COC(=O)C1CCCN1CP(c1ccccc1)C(C)(C)C. The van der Waals surface area contributed by atoms with E-state index in [2.05, 4.69) is 56.0 Å². The van der Waals surface area contributed by atoms with E-state index in [4.69, 9.17) is 4.74 Å². The summed E-state index contributed by atoms with van der Waals surface area (Å²) in [6.45, 7) is 7.90. The number of hydrogen-bond acceptors (Lipinski definition) is 3. The number of likely N-dealkylation sites (tertiary alicyclic amines) is 1. The number of rotatable bonds is 4. The van der Waals surface area contributed by atoms with Crippen LogP contribution in [0.25, 0.3) is 0 Å². The number of hydrogen-bond donors (Lipinski definition) is 0. The molecule has 0 aliphatic carbocycles. The second-order valence-electron chi connectivity index (χ2n) is 6.57. The number of carbonyl (C=O) groups is 1. The molecule has 0 amide bonds. The Kier molecular flexibility index (Phi) is 5.40. The number of nitrogens with zero attached hydrogens (tertiary/aromatic N) is 1. The molecule has 0 N–H and O–H groups in total. The molecule has 0 bridgehead atoms. The van der Waals surface area contributed by atoms with E-state index in [-0.39, 0.29) is 25.1 Å². The van der Waals surface area contributed by atoms with Crippen molar-refractivity contribution in [1.82, 2.24) is 4.90 Å². The van der Waals surface area contributed by atoms with Crippen molar-refractivity contribution in [3.63, 3.8) is 0 Å². The van der Waals surface area contributed by atoms with Gasteiger partial charge in [0.15, 0.2) is 0 Å². The van der Waals surface area contributed by atoms with Crippen molar-refractivity contribution >= 4 is 19.2 Å². The number of carbonyl (C=O) groups excluding carboxylic acids is 1. The molecule has 0 spiro atoms. The highest BCUT2D eigenvalue weighted by Gasteiger charge is 2.36. The Balaban J connectivity index is 2.18. The van der Waals surface area contributed by atoms with E-state index in [9.17, 15) is 4.79 Å². The lowest BCUT2D eigenvalue weighted by Crippen LogP contribution is -2.39. The summed E-state index contributed by atoms with van der Waals surface area (Å²) < 4.78 is 4.96. The van der Waals surface area contributed by atoms with E-state index < -0.39 is 0 Å². The molecule has 1 aliphatic heterocycles. The topological polar surface area (TPSA) is 29.5 Å². The van der Waals surface area contributed by atoms with Crippen molar-refractivity contribution in [3.8, 4) is 0 Å². The first-order valence-corrected chi connectivity index (χ1v) is 9.11. The summed E-state index contributed by atoms with van der Waals surface area (Å²) in [4.78, 5) is 14.3. The van der Waals surface area contributed by atoms with Gasteiger partial charge >= 0.3 is 5.97 Å². The van der Waals surface area contributed by atoms with Gasteiger partial charge in [-0.15, -0.1) is 0 Å². The molecule has 0 aromatic heterocycles. The van der Waals surface area contributed by atoms with Crippen molar-refractivity contribution in [2.45, 2.75) is 44.8 Å². The second kappa shape index (κ2) is 6.89. The van der Waals surface area contributed by atoms with Gasteiger partial charge in [-0.1, -0.05) is 59.0 Å². The molecular weight excluding hydrogens is 281 g/mol. The van der Waals surface area contributed by atoms with Gasteiger partial charge in [0.2, 0.25) is 0 Å². The summed E-state index contributed by atoms with van der Waals surface area (Å²) in [6.07, 6.45) is 2.99. The van der Waals surface area contributed by atoms with Gasteiger partial charge in [-0.25, -0.2) is 0 Å². The first-order chi connectivity index (χ1) is 9.93. The maximum Gasteiger partial charge on any atom is 0.323 e. The van der Waals surface area contributed by atoms with Gasteiger partial charge in [-0.3, -0.25) is 9.69 Å². The quantitative estimate of drug-likeness (QED) is 0.632. The standard InChI is InChI=1S/C17H26NO2P/c1-17(2,3)21(14-9-6-5-7-10-14)13-18-12-8-11-15(18)16(19)20-4/h5-7,9-10,15H,8,11-13H2,1-4H3. The van der Waals surface area contributed by atoms with E-state index in [0.717, 1.165) is 25.7 Å². The lowest BCUT2D eigenvalue weighted by atomic mass is 10.2. The third-order valence-corrected chi connectivity index (χ3v) is 7.22. The molecule has 0 saturated carbocycles. The number of ether oxygens (including phenoxy) is 1. The van der Waals surface area contributed by atoms with E-state index in [1.165, 1.54) is 12.4 Å². The van der Waals surface area contributed by atoms with Crippen LogP contribution in [0.3, 0.4) is 0 Å². The monoisotopic (exact) mass is 307 g/mol. The Bertz CT molecular complexity index is 469. The lowest BCUT2D eigenvalue weighted by Gasteiger charge is -2.36. The first kappa shape index (κ1) is 16.5. The Hall–Kier alpha value is -0.920. The fraction of sp³-hybridized carbons (Fsp3) is 0.588. The minimum atomic E-state index is -0.346. The fourth-order valence-electron chi connectivity index (χ4n) is 2.87. The van der Waals surface area contributed by atoms with Crippen molar-refractivity contribution < 1.29 is 9.53 Å². The van der Waals surface area contributed by atoms with Crippen LogP contribution in [0.2, 0.25) is 0 Å². The Morgan fingerprint density at radius 2 is 2.00 bits per heavy atom. The summed E-state index contributed by atoms with van der Waals surface area (Å²) >= 11 is 0. The van der Waals surface area contributed by atoms with Gasteiger partial charge < -0.3 is 4.74 Å². The zero-order chi connectivity index (χ0) is 15.5. The van der Waals surface area contributed by atoms with Gasteiger partial charge in [-0.05, 0) is 29.8 Å². The molecule has 1 aliphatic rings. The van der Waals surface area contributed by atoms with Gasteiger partial charge in [0.1, 0.15) is 6.04 Å². The Morgan fingerprint density at radius 1 is 1.33 bits per heavy atom. The zero-order valence-electron chi connectivity index (χ0n) is 13.5. The smallest absolute Gasteiger partial charge is 0.323 e. The summed E-state index contributed by atoms with van der Waals surface area (Å²) in [6, 6.07) is 10.7. The number of benzene rings is 1. The molecule has 1 heterocycles. The number of methoxy groups -OCH3 is 1. The fourth-order valence-corrected chi connectivity index (χ4v) is 5.47. The van der Waals surface area contributed by atoms with Crippen LogP contribution in [0, 0.1) is 0 Å². The van der Waals surface area contributed by atoms with Gasteiger partial charge in [-0.2, -0.15) is 0 Å². The molecule has 1 fully saturated rings. The van der Waals surface area contributed by atoms with Crippen LogP contribution in [0.5, 0.6) is 0 Å². The molecule has 1 aromatic carbocycles. The largest absolute Gasteiger partial charge is 0.468 e. The van der Waals surface area contributed by atoms with Gasteiger partial charge in [0.05, 0.1) is 7.11 Å². The number of esters is 1. The van der Waals surface area contributed by atoms with E-state index in [1.807, 2.05) is 0 Å². The summed E-state index contributed by atoms with van der Waals surface area (Å²) in [7, 11) is 1.14. The minimum Gasteiger partial charge on any atom is -0.468 e. The highest BCUT2D eigenvalue weighted by molar-refractivity contribution is 7.67. The average molecular weight is 307 g/mol. The summed E-state index contributed by atoms with van der Waals surface area (Å²) in [5.41, 5.74) is 0. The third-order valence-electron chi connectivity index (χ3n) is 4.04. The maximum absolute atomic E-state index is 11.9. The van der Waals surface area contributed by atoms with Crippen LogP contribution >= 0.6 is 7.92 Å². The second-order valence-corrected chi connectivity index (χ2v) is 9.57. The van der Waals surface area contributed by atoms with Crippen LogP contribution in [-0.2, 0) is 9.53 Å². The summed E-state index contributed by atoms with van der Waals surface area (Å²) in [5, 5.41) is 1.63. The molecule has 1 saturated heterocycles. The molecule has 4 heteroatoms. The van der Waals surface area contributed by atoms with Crippen LogP contribution in [0.4, 0.5) is 0 Å². The van der Waals surface area contributed by atoms with Crippen molar-refractivity contribution in [1.29, 1.82) is 0 Å². The molecule has 0 radical (unpaired) electrons. The maximum atomic E-state index is 11.9. The predicted octanol–water partition coefficient (Wildman–Crippen LogP) is 3.19. The predicted molar refractivity (Wildman–Crippen MR) is 89.4 cm³/mol. The van der Waals surface area contributed by atoms with E-state index in [0.29, 0.717) is 0 Å². The van der Waals surface area contributed by atoms with Crippen LogP contribution in [0.15, 0.2) is 30.3 Å². The molecule has 1 aromatic rings. The molecule has 21 heavy (non-hydrogen) atoms. The molecule has 2 unspecified atom stereocenters. The molecule has 2 rings (SSSR count). The van der Waals surface area contributed by atoms with Gasteiger partial charge in [0, 0.05) is 6.29 Å². The first-order valence-electron chi connectivity index (χ1n) is 7.58. The normalized spacial score (nSPS) is 21.2. The highest BCUT2D eigenvalue weighted by Crippen LogP contribution is 2.49. The van der Waals surface area contributed by atoms with E-state index >= 15 is 0 Å². The highest BCUT2D eigenvalue weighted by atomic mass is 31.1. The average Bonchev–Trinajstić information content (AvgIpc) is 2.92. The van der Waals surface area contributed by atoms with Gasteiger partial charge in [0.25, 0.3) is 0 Å². The molecule has 2 atom stereocenters. The molecule has 3 nitrogen and oxygen atoms in total. The Morgan fingerprint density at radius 3 is 2.57 bits per heavy atom. The Labute approximate surface area is 129 Å². The van der Waals surface area contributed by atoms with Crippen LogP contribution in [-0.4, -0.2) is 42.0 Å². The van der Waals surface area contributed by atoms with Crippen molar-refractivity contribution in [3.05, 3.63) is 30.3 Å². The third kappa shape index (κ3) is 4.05. The lowest BCUT2D eigenvalue weighted by molar-refractivity contribution is -0.145. The van der Waals surface area contributed by atoms with Crippen LogP contribution in [0.1, 0.15) is 33.6 Å². The van der Waals surface area contributed by atoms with E-state index in [1.54, 1.807) is 0 Å². The van der Waals surface area contributed by atoms with Crippen LogP contribution < -0.4 is 5.30 Å².